The fourth-order valence-corrected chi connectivity index (χ4v) is 8.10. The van der Waals surface area contributed by atoms with Gasteiger partial charge in [-0.2, -0.15) is 0 Å². The molecule has 11 rings (SSSR count). The first-order chi connectivity index (χ1) is 24.8. The zero-order chi connectivity index (χ0) is 32.8. The van der Waals surface area contributed by atoms with Crippen LogP contribution in [0.3, 0.4) is 0 Å². The fraction of sp³-hybridized carbons (Fsp3) is 0. The van der Waals surface area contributed by atoms with Crippen molar-refractivity contribution >= 4 is 76.1 Å². The van der Waals surface area contributed by atoms with Crippen LogP contribution in [0.25, 0.3) is 99.0 Å². The second kappa shape index (κ2) is 10.4. The summed E-state index contributed by atoms with van der Waals surface area (Å²) in [7, 11) is 0. The molecule has 0 aliphatic heterocycles. The van der Waals surface area contributed by atoms with Crippen LogP contribution in [0.4, 0.5) is 0 Å². The first-order valence-corrected chi connectivity index (χ1v) is 17.0. The van der Waals surface area contributed by atoms with Crippen LogP contribution in [0.1, 0.15) is 0 Å². The molecule has 0 saturated heterocycles. The second-order valence-electron chi connectivity index (χ2n) is 13.0. The van der Waals surface area contributed by atoms with E-state index in [-0.39, 0.29) is 0 Å². The van der Waals surface area contributed by atoms with E-state index in [9.17, 15) is 0 Å². The lowest BCUT2D eigenvalue weighted by molar-refractivity contribution is 1.01. The van der Waals surface area contributed by atoms with Gasteiger partial charge in [0, 0.05) is 43.6 Å². The Bertz CT molecular complexity index is 3140. The highest BCUT2D eigenvalue weighted by atomic mass is 15.2. The summed E-state index contributed by atoms with van der Waals surface area (Å²) < 4.78 is 4.69. The van der Waals surface area contributed by atoms with E-state index in [0.717, 1.165) is 44.4 Å². The van der Waals surface area contributed by atoms with Crippen LogP contribution in [-0.4, -0.2) is 19.1 Å². The SMILES string of the molecule is c1ccc(-n2c3cc4c(cc3c3ccc5ccccc5c32)c2ccccc2n4-c2nc(-c3cccc4ccccc34)c3ccccc3n2)cc1. The standard InChI is InChI=1S/C46H28N4/c1-2-16-31(17-3-1)49-42-28-43-38(27-39(42)36-26-25-30-14-5-7-19-33(30)45(36)49)34-20-9-11-24-41(34)50(43)46-47-40-23-10-8-21-37(40)44(48-46)35-22-12-15-29-13-4-6-18-32(29)35/h1-28H. The monoisotopic (exact) mass is 636 g/mol. The third kappa shape index (κ3) is 3.81. The Kier molecular flexibility index (Phi) is 5.63. The summed E-state index contributed by atoms with van der Waals surface area (Å²) in [5.41, 5.74) is 8.59. The molecule has 0 unspecified atom stereocenters. The van der Waals surface area contributed by atoms with Gasteiger partial charge in [-0.05, 0) is 52.6 Å². The van der Waals surface area contributed by atoms with E-state index in [1.807, 2.05) is 0 Å². The van der Waals surface area contributed by atoms with Gasteiger partial charge in [-0.15, -0.1) is 0 Å². The van der Waals surface area contributed by atoms with Crippen molar-refractivity contribution in [1.82, 2.24) is 19.1 Å². The Labute approximate surface area is 287 Å². The van der Waals surface area contributed by atoms with Gasteiger partial charge in [0.2, 0.25) is 5.95 Å². The molecule has 0 amide bonds. The number of benzene rings is 8. The van der Waals surface area contributed by atoms with Crippen LogP contribution < -0.4 is 0 Å². The highest BCUT2D eigenvalue weighted by Gasteiger charge is 2.22. The van der Waals surface area contributed by atoms with Crippen molar-refractivity contribution in [2.45, 2.75) is 0 Å². The van der Waals surface area contributed by atoms with Crippen LogP contribution in [0.15, 0.2) is 170 Å². The summed E-state index contributed by atoms with van der Waals surface area (Å²) in [6, 6.07) is 60.7. The molecule has 0 radical (unpaired) electrons. The molecule has 232 valence electrons. The zero-order valence-corrected chi connectivity index (χ0v) is 27.0. The van der Waals surface area contributed by atoms with Crippen molar-refractivity contribution in [3.63, 3.8) is 0 Å². The molecule has 3 aromatic heterocycles. The first-order valence-electron chi connectivity index (χ1n) is 17.0. The molecule has 0 bridgehead atoms. The Morgan fingerprint density at radius 3 is 1.86 bits per heavy atom. The number of hydrogen-bond acceptors (Lipinski definition) is 2. The Morgan fingerprint density at radius 1 is 0.360 bits per heavy atom. The first kappa shape index (κ1) is 27.2. The van der Waals surface area contributed by atoms with E-state index in [0.29, 0.717) is 5.95 Å². The van der Waals surface area contributed by atoms with E-state index < -0.39 is 0 Å². The minimum Gasteiger partial charge on any atom is -0.309 e. The topological polar surface area (TPSA) is 35.6 Å². The number of para-hydroxylation sites is 3. The molecule has 0 atom stereocenters. The van der Waals surface area contributed by atoms with Crippen LogP contribution in [-0.2, 0) is 0 Å². The zero-order valence-electron chi connectivity index (χ0n) is 27.0. The molecular formula is C46H28N4. The molecule has 4 heteroatoms. The molecular weight excluding hydrogens is 609 g/mol. The van der Waals surface area contributed by atoms with Crippen LogP contribution in [0.2, 0.25) is 0 Å². The van der Waals surface area contributed by atoms with Crippen molar-refractivity contribution in [3.8, 4) is 22.9 Å². The molecule has 0 fully saturated rings. The number of nitrogens with zero attached hydrogens (tertiary/aromatic N) is 4. The number of rotatable bonds is 3. The van der Waals surface area contributed by atoms with Gasteiger partial charge in [0.25, 0.3) is 0 Å². The Hall–Kier alpha value is -6.78. The van der Waals surface area contributed by atoms with Crippen molar-refractivity contribution < 1.29 is 0 Å². The van der Waals surface area contributed by atoms with Crippen molar-refractivity contribution in [2.75, 3.05) is 0 Å². The predicted octanol–water partition coefficient (Wildman–Crippen LogP) is 11.8. The van der Waals surface area contributed by atoms with E-state index >= 15 is 0 Å². The molecule has 3 heterocycles. The van der Waals surface area contributed by atoms with Crippen molar-refractivity contribution in [3.05, 3.63) is 170 Å². The minimum atomic E-state index is 0.657. The van der Waals surface area contributed by atoms with E-state index in [1.54, 1.807) is 0 Å². The lowest BCUT2D eigenvalue weighted by atomic mass is 9.99. The molecule has 4 nitrogen and oxygen atoms in total. The van der Waals surface area contributed by atoms with Gasteiger partial charge in [-0.25, -0.2) is 9.97 Å². The Balaban J connectivity index is 1.29. The average molecular weight is 637 g/mol. The van der Waals surface area contributed by atoms with Gasteiger partial charge < -0.3 is 4.57 Å². The molecule has 8 aromatic carbocycles. The van der Waals surface area contributed by atoms with Crippen LogP contribution >= 0.6 is 0 Å². The number of fused-ring (bicyclic) bond motifs is 10. The van der Waals surface area contributed by atoms with Crippen LogP contribution in [0.5, 0.6) is 0 Å². The molecule has 0 N–H and O–H groups in total. The third-order valence-corrected chi connectivity index (χ3v) is 10.3. The fourth-order valence-electron chi connectivity index (χ4n) is 8.10. The summed E-state index contributed by atoms with van der Waals surface area (Å²) in [5, 5.41) is 10.7. The quantitative estimate of drug-likeness (QED) is 0.193. The smallest absolute Gasteiger partial charge is 0.235 e. The molecule has 11 aromatic rings. The minimum absolute atomic E-state index is 0.657. The van der Waals surface area contributed by atoms with Crippen molar-refractivity contribution in [2.24, 2.45) is 0 Å². The summed E-state index contributed by atoms with van der Waals surface area (Å²) in [6.45, 7) is 0. The maximum atomic E-state index is 5.45. The maximum Gasteiger partial charge on any atom is 0.235 e. The normalized spacial score (nSPS) is 12.0. The van der Waals surface area contributed by atoms with Gasteiger partial charge in [0.05, 0.1) is 33.3 Å². The largest absolute Gasteiger partial charge is 0.309 e. The third-order valence-electron chi connectivity index (χ3n) is 10.3. The van der Waals surface area contributed by atoms with Crippen molar-refractivity contribution in [1.29, 1.82) is 0 Å². The summed E-state index contributed by atoms with van der Waals surface area (Å²) in [6.07, 6.45) is 0. The average Bonchev–Trinajstić information content (AvgIpc) is 3.69. The van der Waals surface area contributed by atoms with E-state index in [4.69, 9.17) is 9.97 Å². The highest BCUT2D eigenvalue weighted by Crippen LogP contribution is 2.42. The summed E-state index contributed by atoms with van der Waals surface area (Å²) in [4.78, 5) is 10.7. The lowest BCUT2D eigenvalue weighted by Gasteiger charge is -2.13. The molecule has 50 heavy (non-hydrogen) atoms. The molecule has 0 spiro atoms. The number of aromatic nitrogens is 4. The number of hydrogen-bond donors (Lipinski definition) is 0. The maximum absolute atomic E-state index is 5.45. The highest BCUT2D eigenvalue weighted by molar-refractivity contribution is 6.23. The molecule has 0 saturated carbocycles. The van der Waals surface area contributed by atoms with E-state index in [2.05, 4.69) is 179 Å². The molecule has 0 aliphatic rings. The molecule has 0 aliphatic carbocycles. The van der Waals surface area contributed by atoms with Gasteiger partial charge in [0.15, 0.2) is 0 Å². The van der Waals surface area contributed by atoms with E-state index in [1.165, 1.54) is 48.6 Å². The van der Waals surface area contributed by atoms with Gasteiger partial charge in [0.1, 0.15) is 0 Å². The van der Waals surface area contributed by atoms with Gasteiger partial charge in [-0.1, -0.05) is 133 Å². The van der Waals surface area contributed by atoms with Gasteiger partial charge >= 0.3 is 0 Å². The van der Waals surface area contributed by atoms with Gasteiger partial charge in [-0.3, -0.25) is 4.57 Å². The second-order valence-corrected chi connectivity index (χ2v) is 13.0. The Morgan fingerprint density at radius 2 is 1.00 bits per heavy atom. The summed E-state index contributed by atoms with van der Waals surface area (Å²) >= 11 is 0. The lowest BCUT2D eigenvalue weighted by Crippen LogP contribution is -2.03. The summed E-state index contributed by atoms with van der Waals surface area (Å²) in [5.74, 6) is 0.657. The van der Waals surface area contributed by atoms with Crippen LogP contribution in [0, 0.1) is 0 Å². The predicted molar refractivity (Wildman–Crippen MR) is 209 cm³/mol.